The van der Waals surface area contributed by atoms with Crippen molar-refractivity contribution in [2.75, 3.05) is 26.2 Å². The number of likely N-dealkylation sites (tertiary alicyclic amines) is 1. The largest absolute Gasteiger partial charge is 0.493 e. The van der Waals surface area contributed by atoms with Crippen LogP contribution < -0.4 is 4.74 Å². The van der Waals surface area contributed by atoms with E-state index in [0.29, 0.717) is 35.9 Å². The van der Waals surface area contributed by atoms with E-state index in [1.165, 1.54) is 18.2 Å². The summed E-state index contributed by atoms with van der Waals surface area (Å²) in [4.78, 5) is 13.1. The number of ether oxygens (including phenoxy) is 1. The molecule has 6 heteroatoms. The Bertz CT molecular complexity index is 838. The summed E-state index contributed by atoms with van der Waals surface area (Å²) in [5.74, 6) is -0.577. The number of piperidine rings is 1. The second-order valence-electron chi connectivity index (χ2n) is 8.27. The van der Waals surface area contributed by atoms with E-state index < -0.39 is 17.5 Å². The summed E-state index contributed by atoms with van der Waals surface area (Å²) < 4.78 is 34.1. The smallest absolute Gasteiger partial charge is 0.335 e. The van der Waals surface area contributed by atoms with Crippen LogP contribution in [0.4, 0.5) is 8.78 Å². The maximum absolute atomic E-state index is 14.5. The van der Waals surface area contributed by atoms with Crippen LogP contribution in [0.5, 0.6) is 5.75 Å². The van der Waals surface area contributed by atoms with Crippen molar-refractivity contribution in [2.45, 2.75) is 32.4 Å². The molecule has 0 radical (unpaired) electrons. The summed E-state index contributed by atoms with van der Waals surface area (Å²) in [6, 6.07) is 10.8. The van der Waals surface area contributed by atoms with Crippen LogP contribution in [-0.4, -0.2) is 47.9 Å². The maximum atomic E-state index is 14.5. The predicted octanol–water partition coefficient (Wildman–Crippen LogP) is 5.03. The van der Waals surface area contributed by atoms with Gasteiger partial charge in [-0.3, -0.25) is 0 Å². The molecule has 0 aromatic heterocycles. The number of hydrogen-bond donors (Lipinski definition) is 1. The molecule has 1 fully saturated rings. The van der Waals surface area contributed by atoms with Crippen LogP contribution in [0.15, 0.2) is 42.5 Å². The molecule has 2 aromatic rings. The second-order valence-corrected chi connectivity index (χ2v) is 8.27. The first-order valence-corrected chi connectivity index (χ1v) is 9.88. The van der Waals surface area contributed by atoms with Crippen molar-refractivity contribution in [1.82, 2.24) is 4.90 Å². The maximum Gasteiger partial charge on any atom is 0.335 e. The third-order valence-electron chi connectivity index (χ3n) is 5.18. The van der Waals surface area contributed by atoms with Gasteiger partial charge in [-0.05, 0) is 75.5 Å². The molecule has 1 aliphatic heterocycles. The zero-order valence-electron chi connectivity index (χ0n) is 16.8. The van der Waals surface area contributed by atoms with Crippen molar-refractivity contribution >= 4 is 5.97 Å². The van der Waals surface area contributed by atoms with Gasteiger partial charge >= 0.3 is 5.97 Å². The van der Waals surface area contributed by atoms with Crippen LogP contribution in [0, 0.1) is 11.7 Å². The Hall–Kier alpha value is -2.47. The number of carboxylic acid groups (broad SMARTS) is 1. The minimum absolute atomic E-state index is 0.162. The van der Waals surface area contributed by atoms with Gasteiger partial charge in [0.25, 0.3) is 0 Å². The quantitative estimate of drug-likeness (QED) is 0.705. The molecule has 1 saturated heterocycles. The molecule has 29 heavy (non-hydrogen) atoms. The summed E-state index contributed by atoms with van der Waals surface area (Å²) in [5, 5.41) is 8.96. The van der Waals surface area contributed by atoms with Gasteiger partial charge in [-0.25, -0.2) is 13.6 Å². The fourth-order valence-electron chi connectivity index (χ4n) is 3.67. The van der Waals surface area contributed by atoms with E-state index in [1.807, 2.05) is 0 Å². The highest BCUT2D eigenvalue weighted by atomic mass is 19.1. The number of carboxylic acids is 1. The predicted molar refractivity (Wildman–Crippen MR) is 109 cm³/mol. The van der Waals surface area contributed by atoms with Gasteiger partial charge in [0.15, 0.2) is 0 Å². The molecule has 0 aliphatic carbocycles. The zero-order chi connectivity index (χ0) is 21.0. The molecule has 156 valence electrons. The molecule has 3 rings (SSSR count). The Kier molecular flexibility index (Phi) is 6.52. The lowest BCUT2D eigenvalue weighted by atomic mass is 9.97. The molecule has 1 aliphatic rings. The van der Waals surface area contributed by atoms with E-state index in [-0.39, 0.29) is 5.56 Å². The molecule has 0 atom stereocenters. The first-order valence-electron chi connectivity index (χ1n) is 9.88. The van der Waals surface area contributed by atoms with Crippen molar-refractivity contribution in [1.29, 1.82) is 0 Å². The van der Waals surface area contributed by atoms with Crippen molar-refractivity contribution in [2.24, 2.45) is 5.92 Å². The topological polar surface area (TPSA) is 49.8 Å². The van der Waals surface area contributed by atoms with Gasteiger partial charge in [-0.2, -0.15) is 0 Å². The third-order valence-corrected chi connectivity index (χ3v) is 5.18. The van der Waals surface area contributed by atoms with Gasteiger partial charge in [0.2, 0.25) is 0 Å². The lowest BCUT2D eigenvalue weighted by molar-refractivity contribution is 0.0696. The average Bonchev–Trinajstić information content (AvgIpc) is 2.66. The Morgan fingerprint density at radius 1 is 1.17 bits per heavy atom. The number of hydrogen-bond acceptors (Lipinski definition) is 3. The van der Waals surface area contributed by atoms with Crippen LogP contribution in [0.25, 0.3) is 11.1 Å². The Morgan fingerprint density at radius 2 is 1.83 bits per heavy atom. The molecule has 2 aromatic carbocycles. The van der Waals surface area contributed by atoms with E-state index in [0.717, 1.165) is 25.9 Å². The van der Waals surface area contributed by atoms with Crippen LogP contribution in [0.3, 0.4) is 0 Å². The van der Waals surface area contributed by atoms with E-state index in [4.69, 9.17) is 9.84 Å². The van der Waals surface area contributed by atoms with Crippen LogP contribution >= 0.6 is 0 Å². The highest BCUT2D eigenvalue weighted by Gasteiger charge is 2.25. The van der Waals surface area contributed by atoms with Gasteiger partial charge in [-0.15, -0.1) is 0 Å². The molecule has 0 unspecified atom stereocenters. The van der Waals surface area contributed by atoms with E-state index in [9.17, 15) is 13.6 Å². The highest BCUT2D eigenvalue weighted by molar-refractivity contribution is 5.88. The van der Waals surface area contributed by atoms with Gasteiger partial charge in [0.05, 0.1) is 12.2 Å². The molecular formula is C23H27F2NO3. The monoisotopic (exact) mass is 403 g/mol. The van der Waals surface area contributed by atoms with Crippen molar-refractivity contribution in [3.05, 3.63) is 53.8 Å². The molecule has 4 nitrogen and oxygen atoms in total. The first-order chi connectivity index (χ1) is 13.7. The Balaban J connectivity index is 1.54. The van der Waals surface area contributed by atoms with E-state index in [1.54, 1.807) is 38.1 Å². The van der Waals surface area contributed by atoms with Crippen LogP contribution in [-0.2, 0) is 0 Å². The minimum Gasteiger partial charge on any atom is -0.493 e. The van der Waals surface area contributed by atoms with Crippen molar-refractivity contribution in [3.8, 4) is 16.9 Å². The number of halogens is 2. The van der Waals surface area contributed by atoms with Gasteiger partial charge in [0.1, 0.15) is 17.2 Å². The van der Waals surface area contributed by atoms with Gasteiger partial charge in [-0.1, -0.05) is 12.1 Å². The zero-order valence-corrected chi connectivity index (χ0v) is 16.8. The first kappa shape index (κ1) is 21.2. The highest BCUT2D eigenvalue weighted by Crippen LogP contribution is 2.28. The number of aromatic carboxylic acids is 1. The number of nitrogens with zero attached hydrogens (tertiary/aromatic N) is 1. The fraction of sp³-hybridized carbons (Fsp3) is 0.435. The van der Waals surface area contributed by atoms with Crippen LogP contribution in [0.1, 0.15) is 37.0 Å². The minimum atomic E-state index is -1.18. The SMILES string of the molecule is CC(C)(F)CN1CCC(COc2ccc(-c3ccc(C(=O)O)cc3)c(F)c2)CC1. The molecule has 0 bridgehead atoms. The van der Waals surface area contributed by atoms with Gasteiger partial charge < -0.3 is 14.7 Å². The summed E-state index contributed by atoms with van der Waals surface area (Å²) in [6.07, 6.45) is 1.87. The summed E-state index contributed by atoms with van der Waals surface area (Å²) in [5.41, 5.74) is -0.00908. The van der Waals surface area contributed by atoms with Gasteiger partial charge in [0, 0.05) is 18.2 Å². The molecule has 1 heterocycles. The lowest BCUT2D eigenvalue weighted by Crippen LogP contribution is -2.41. The third kappa shape index (κ3) is 6.00. The average molecular weight is 403 g/mol. The molecule has 0 saturated carbocycles. The number of carbonyl (C=O) groups is 1. The van der Waals surface area contributed by atoms with Crippen LogP contribution in [0.2, 0.25) is 0 Å². The van der Waals surface area contributed by atoms with Crippen molar-refractivity contribution in [3.63, 3.8) is 0 Å². The van der Waals surface area contributed by atoms with E-state index >= 15 is 0 Å². The van der Waals surface area contributed by atoms with E-state index in [2.05, 4.69) is 4.90 Å². The summed E-state index contributed by atoms with van der Waals surface area (Å²) >= 11 is 0. The molecule has 0 amide bonds. The Labute approximate surface area is 170 Å². The summed E-state index contributed by atoms with van der Waals surface area (Å²) in [7, 11) is 0. The molecule has 1 N–H and O–H groups in total. The normalized spacial score (nSPS) is 16.0. The summed E-state index contributed by atoms with van der Waals surface area (Å²) in [6.45, 7) is 5.85. The molecule has 0 spiro atoms. The number of rotatable bonds is 7. The Morgan fingerprint density at radius 3 is 2.38 bits per heavy atom. The standard InChI is InChI=1S/C23H27F2NO3/c1-23(2,25)15-26-11-9-16(10-12-26)14-29-19-7-8-20(21(24)13-19)17-3-5-18(6-4-17)22(27)28/h3-8,13,16H,9-12,14-15H2,1-2H3,(H,27,28). The fourth-order valence-corrected chi connectivity index (χ4v) is 3.67. The second kappa shape index (κ2) is 8.91. The number of benzene rings is 2. The van der Waals surface area contributed by atoms with Crippen molar-refractivity contribution < 1.29 is 23.4 Å². The lowest BCUT2D eigenvalue weighted by Gasteiger charge is -2.34. The number of alkyl halides is 1. The molecular weight excluding hydrogens is 376 g/mol.